The maximum Gasteiger partial charge on any atom is 0.226 e. The molecule has 0 aliphatic carbocycles. The third kappa shape index (κ3) is 8.58. The second kappa shape index (κ2) is 15.5. The molecule has 9 heteroatoms. The zero-order valence-electron chi connectivity index (χ0n) is 26.3. The number of amides is 3. The number of carbonyl (C=O) groups excluding carboxylic acids is 3. The van der Waals surface area contributed by atoms with Crippen LogP contribution >= 0.6 is 0 Å². The minimum Gasteiger partial charge on any atom is -0.491 e. The van der Waals surface area contributed by atoms with Crippen LogP contribution in [-0.2, 0) is 27.2 Å². The van der Waals surface area contributed by atoms with Crippen molar-refractivity contribution < 1.29 is 19.1 Å². The Kier molecular flexibility index (Phi) is 11.3. The minimum atomic E-state index is -0.317. The number of aromatic nitrogens is 1. The van der Waals surface area contributed by atoms with Crippen LogP contribution in [0.4, 0.5) is 0 Å². The highest BCUT2D eigenvalue weighted by Gasteiger charge is 2.40. The third-order valence-corrected chi connectivity index (χ3v) is 9.74. The fourth-order valence-electron chi connectivity index (χ4n) is 6.99. The normalized spacial score (nSPS) is 21.2. The second-order valence-corrected chi connectivity index (χ2v) is 12.7. The van der Waals surface area contributed by atoms with Crippen molar-refractivity contribution in [1.29, 1.82) is 0 Å². The van der Waals surface area contributed by atoms with E-state index in [4.69, 9.17) is 9.72 Å². The zero-order chi connectivity index (χ0) is 30.8. The van der Waals surface area contributed by atoms with Crippen LogP contribution in [0.15, 0.2) is 42.5 Å². The van der Waals surface area contributed by atoms with Crippen LogP contribution in [0.2, 0.25) is 0 Å². The molecule has 238 valence electrons. The Bertz CT molecular complexity index is 1280. The lowest BCUT2D eigenvalue weighted by Gasteiger charge is -2.41. The van der Waals surface area contributed by atoms with Gasteiger partial charge in [0, 0.05) is 56.8 Å². The molecule has 3 aliphatic rings. The highest BCUT2D eigenvalue weighted by Crippen LogP contribution is 2.37. The number of piperidine rings is 2. The summed E-state index contributed by atoms with van der Waals surface area (Å²) in [5.41, 5.74) is 2.87. The predicted molar refractivity (Wildman–Crippen MR) is 170 cm³/mol. The van der Waals surface area contributed by atoms with E-state index in [0.717, 1.165) is 101 Å². The summed E-state index contributed by atoms with van der Waals surface area (Å²) in [4.78, 5) is 46.9. The van der Waals surface area contributed by atoms with Crippen LogP contribution < -0.4 is 15.4 Å². The molecule has 1 aromatic heterocycles. The van der Waals surface area contributed by atoms with E-state index >= 15 is 0 Å². The summed E-state index contributed by atoms with van der Waals surface area (Å²) >= 11 is 0. The Balaban J connectivity index is 1.03. The molecule has 0 bridgehead atoms. The van der Waals surface area contributed by atoms with Gasteiger partial charge < -0.3 is 25.2 Å². The number of benzene rings is 1. The molecule has 2 fully saturated rings. The Labute approximate surface area is 262 Å². The first-order valence-electron chi connectivity index (χ1n) is 16.6. The lowest BCUT2D eigenvalue weighted by Crippen LogP contribution is -2.50. The average Bonchev–Trinajstić information content (AvgIpc) is 3.05. The molecule has 4 heterocycles. The summed E-state index contributed by atoms with van der Waals surface area (Å²) < 4.78 is 5.98. The predicted octanol–water partition coefficient (Wildman–Crippen LogP) is 3.86. The average molecular weight is 604 g/mol. The molecule has 1 unspecified atom stereocenters. The molecule has 9 nitrogen and oxygen atoms in total. The van der Waals surface area contributed by atoms with Gasteiger partial charge in [0.15, 0.2) is 0 Å². The van der Waals surface area contributed by atoms with Gasteiger partial charge in [-0.1, -0.05) is 30.7 Å². The highest BCUT2D eigenvalue weighted by atomic mass is 16.5. The largest absolute Gasteiger partial charge is 0.491 e. The van der Waals surface area contributed by atoms with Gasteiger partial charge in [0.2, 0.25) is 17.7 Å². The smallest absolute Gasteiger partial charge is 0.226 e. The Morgan fingerprint density at radius 1 is 1.05 bits per heavy atom. The molecule has 0 radical (unpaired) electrons. The van der Waals surface area contributed by atoms with Crippen LogP contribution in [0, 0.1) is 5.41 Å². The van der Waals surface area contributed by atoms with Gasteiger partial charge in [0.05, 0.1) is 12.0 Å². The first-order valence-corrected chi connectivity index (χ1v) is 16.6. The van der Waals surface area contributed by atoms with Crippen molar-refractivity contribution >= 4 is 17.7 Å². The van der Waals surface area contributed by atoms with Crippen LogP contribution in [-0.4, -0.2) is 84.9 Å². The highest BCUT2D eigenvalue weighted by molar-refractivity contribution is 5.82. The Morgan fingerprint density at radius 2 is 1.89 bits per heavy atom. The number of pyridine rings is 1. The van der Waals surface area contributed by atoms with E-state index in [1.807, 2.05) is 35.2 Å². The van der Waals surface area contributed by atoms with Crippen molar-refractivity contribution in [2.45, 2.75) is 77.0 Å². The van der Waals surface area contributed by atoms with Crippen molar-refractivity contribution in [3.05, 3.63) is 59.4 Å². The maximum absolute atomic E-state index is 13.3. The first-order chi connectivity index (χ1) is 21.4. The monoisotopic (exact) mass is 603 g/mol. The quantitative estimate of drug-likeness (QED) is 0.498. The molecule has 5 rings (SSSR count). The van der Waals surface area contributed by atoms with Crippen molar-refractivity contribution in [3.8, 4) is 5.75 Å². The third-order valence-electron chi connectivity index (χ3n) is 9.74. The number of aryl methyl sites for hydroxylation is 2. The van der Waals surface area contributed by atoms with E-state index in [1.165, 1.54) is 5.56 Å². The second-order valence-electron chi connectivity index (χ2n) is 12.7. The summed E-state index contributed by atoms with van der Waals surface area (Å²) in [5, 5.41) is 6.25. The number of hydrogen-bond acceptors (Lipinski definition) is 6. The lowest BCUT2D eigenvalue weighted by atomic mass is 9.73. The van der Waals surface area contributed by atoms with Gasteiger partial charge >= 0.3 is 0 Å². The molecular weight excluding hydrogens is 554 g/mol. The Hall–Kier alpha value is -3.46. The van der Waals surface area contributed by atoms with Crippen molar-refractivity contribution in [1.82, 2.24) is 25.4 Å². The number of hydrogen-bond donors (Lipinski definition) is 2. The summed E-state index contributed by atoms with van der Waals surface area (Å²) in [5.74, 6) is 1.51. The molecule has 44 heavy (non-hydrogen) atoms. The van der Waals surface area contributed by atoms with Gasteiger partial charge in [-0.2, -0.15) is 0 Å². The fraction of sp³-hybridized carbons (Fsp3) is 0.600. The van der Waals surface area contributed by atoms with Crippen molar-refractivity contribution in [2.75, 3.05) is 52.4 Å². The molecule has 3 aliphatic heterocycles. The topological polar surface area (TPSA) is 104 Å². The standard InChI is InChI=1S/C35H49N5O4/c1-27(41)40-21-7-10-29(26-40)31-12-6-11-30(38-31)14-15-33(42)36-19-24-39-22-17-35(18-23-39)16-5-4-9-28-8-2-3-13-32(28)44-25-20-37-34(35)43/h2-3,6,8,11-13,29H,4-5,7,9-10,14-26H2,1H3,(H,36,42)(H,37,43). The van der Waals surface area contributed by atoms with E-state index in [1.54, 1.807) is 6.92 Å². The number of fused-ring (bicyclic) bond motifs is 1. The molecule has 1 spiro atoms. The number of ether oxygens (including phenoxy) is 1. The summed E-state index contributed by atoms with van der Waals surface area (Å²) in [6.07, 6.45) is 8.67. The lowest BCUT2D eigenvalue weighted by molar-refractivity contribution is -0.134. The maximum atomic E-state index is 13.3. The minimum absolute atomic E-state index is 0.0357. The van der Waals surface area contributed by atoms with Crippen LogP contribution in [0.5, 0.6) is 5.75 Å². The van der Waals surface area contributed by atoms with Gasteiger partial charge in [-0.3, -0.25) is 19.4 Å². The number of para-hydroxylation sites is 1. The molecule has 3 amide bonds. The summed E-state index contributed by atoms with van der Waals surface area (Å²) in [7, 11) is 0. The van der Waals surface area contributed by atoms with Crippen LogP contribution in [0.3, 0.4) is 0 Å². The van der Waals surface area contributed by atoms with Crippen LogP contribution in [0.1, 0.15) is 81.2 Å². The number of rotatable bonds is 7. The molecule has 1 atom stereocenters. The number of nitrogens with zero attached hydrogens (tertiary/aromatic N) is 3. The van der Waals surface area contributed by atoms with Gasteiger partial charge in [0.1, 0.15) is 12.4 Å². The van der Waals surface area contributed by atoms with Crippen LogP contribution in [0.25, 0.3) is 0 Å². The molecule has 2 N–H and O–H groups in total. The van der Waals surface area contributed by atoms with E-state index in [9.17, 15) is 14.4 Å². The van der Waals surface area contributed by atoms with Gasteiger partial charge in [-0.05, 0) is 88.2 Å². The summed E-state index contributed by atoms with van der Waals surface area (Å²) in [6, 6.07) is 14.3. The van der Waals surface area contributed by atoms with E-state index in [2.05, 4.69) is 27.7 Å². The van der Waals surface area contributed by atoms with E-state index in [0.29, 0.717) is 32.5 Å². The SMILES string of the molecule is CC(=O)N1CCCC(c2cccc(CCC(=O)NCCN3CCC4(CCCCc5ccccc5OCCNC4=O)CC3)n2)C1. The summed E-state index contributed by atoms with van der Waals surface area (Å²) in [6.45, 7) is 7.29. The molecule has 2 aromatic rings. The Morgan fingerprint density at radius 3 is 2.73 bits per heavy atom. The number of nitrogens with one attached hydrogen (secondary N) is 2. The molecule has 1 aromatic carbocycles. The molecular formula is C35H49N5O4. The van der Waals surface area contributed by atoms with Gasteiger partial charge in [0.25, 0.3) is 0 Å². The first kappa shape index (κ1) is 31.9. The fourth-order valence-corrected chi connectivity index (χ4v) is 6.99. The van der Waals surface area contributed by atoms with E-state index in [-0.39, 0.29) is 29.1 Å². The molecule has 2 saturated heterocycles. The van der Waals surface area contributed by atoms with E-state index < -0.39 is 0 Å². The number of likely N-dealkylation sites (tertiary alicyclic amines) is 2. The molecule has 0 saturated carbocycles. The number of carbonyl (C=O) groups is 3. The zero-order valence-corrected chi connectivity index (χ0v) is 26.3. The van der Waals surface area contributed by atoms with Gasteiger partial charge in [-0.15, -0.1) is 0 Å². The van der Waals surface area contributed by atoms with Crippen molar-refractivity contribution in [3.63, 3.8) is 0 Å². The van der Waals surface area contributed by atoms with Gasteiger partial charge in [-0.25, -0.2) is 0 Å². The van der Waals surface area contributed by atoms with Crippen molar-refractivity contribution in [2.24, 2.45) is 5.41 Å².